The minimum Gasteiger partial charge on any atom is -0.504 e. The van der Waals surface area contributed by atoms with Gasteiger partial charge in [0.2, 0.25) is 5.75 Å². The normalized spacial score (nSPS) is 10.3. The third kappa shape index (κ3) is 2.32. The lowest BCUT2D eigenvalue weighted by Gasteiger charge is -2.10. The maximum atomic E-state index is 9.67. The summed E-state index contributed by atoms with van der Waals surface area (Å²) >= 11 is 0. The molecule has 2 aromatic carbocycles. The van der Waals surface area contributed by atoms with E-state index in [0.717, 1.165) is 12.1 Å². The molecule has 0 atom stereocenters. The van der Waals surface area contributed by atoms with Crippen LogP contribution in [0.3, 0.4) is 0 Å². The lowest BCUT2D eigenvalue weighted by atomic mass is 10.1. The molecule has 2 aromatic rings. The Labute approximate surface area is 105 Å². The van der Waals surface area contributed by atoms with Crippen molar-refractivity contribution in [1.29, 1.82) is 0 Å². The third-order valence-corrected chi connectivity index (χ3v) is 2.77. The van der Waals surface area contributed by atoms with Crippen molar-refractivity contribution in [3.05, 3.63) is 42.0 Å². The van der Waals surface area contributed by atoms with Crippen LogP contribution in [0.5, 0.6) is 17.2 Å². The molecule has 4 N–H and O–H groups in total. The molecule has 0 aliphatic rings. The quantitative estimate of drug-likeness (QED) is 0.495. The van der Waals surface area contributed by atoms with Gasteiger partial charge in [0.05, 0.1) is 5.69 Å². The number of nitrogens with one attached hydrogen (secondary N) is 1. The molecule has 0 aliphatic carbocycles. The molecule has 0 fully saturated rings. The van der Waals surface area contributed by atoms with Gasteiger partial charge >= 0.3 is 0 Å². The smallest absolute Gasteiger partial charge is 0.202 e. The molecule has 4 nitrogen and oxygen atoms in total. The zero-order valence-corrected chi connectivity index (χ0v) is 10.0. The number of aromatic hydroxyl groups is 3. The molecule has 0 aromatic heterocycles. The molecule has 0 saturated heterocycles. The van der Waals surface area contributed by atoms with Crippen LogP contribution >= 0.6 is 0 Å². The number of anilines is 2. The van der Waals surface area contributed by atoms with E-state index in [4.69, 9.17) is 0 Å². The van der Waals surface area contributed by atoms with Crippen LogP contribution < -0.4 is 5.32 Å². The molecule has 0 aliphatic heterocycles. The summed E-state index contributed by atoms with van der Waals surface area (Å²) in [7, 11) is 0. The van der Waals surface area contributed by atoms with Crippen LogP contribution in [-0.2, 0) is 6.42 Å². The van der Waals surface area contributed by atoms with Crippen LogP contribution in [-0.4, -0.2) is 15.3 Å². The summed E-state index contributed by atoms with van der Waals surface area (Å²) in [6.07, 6.45) is 0.964. The van der Waals surface area contributed by atoms with Crippen molar-refractivity contribution in [3.8, 4) is 17.2 Å². The fraction of sp³-hybridized carbons (Fsp3) is 0.143. The predicted molar refractivity (Wildman–Crippen MR) is 70.5 cm³/mol. The first-order chi connectivity index (χ1) is 8.61. The van der Waals surface area contributed by atoms with Crippen molar-refractivity contribution in [2.45, 2.75) is 13.3 Å². The first-order valence-corrected chi connectivity index (χ1v) is 5.71. The Kier molecular flexibility index (Phi) is 3.28. The van der Waals surface area contributed by atoms with E-state index in [9.17, 15) is 15.3 Å². The molecule has 94 valence electrons. The summed E-state index contributed by atoms with van der Waals surface area (Å²) in [6.45, 7) is 2.08. The summed E-state index contributed by atoms with van der Waals surface area (Å²) in [5.41, 5.74) is 2.36. The van der Waals surface area contributed by atoms with E-state index in [1.165, 1.54) is 17.7 Å². The van der Waals surface area contributed by atoms with Crippen LogP contribution in [0.15, 0.2) is 36.4 Å². The molecule has 0 amide bonds. The number of phenolic OH excluding ortho intramolecular Hbond substituents is 3. The summed E-state index contributed by atoms with van der Waals surface area (Å²) in [4.78, 5) is 0. The molecule has 0 spiro atoms. The maximum Gasteiger partial charge on any atom is 0.202 e. The molecular formula is C14H15NO3. The monoisotopic (exact) mass is 245 g/mol. The highest BCUT2D eigenvalue weighted by atomic mass is 16.3. The highest BCUT2D eigenvalue weighted by Gasteiger charge is 2.10. The predicted octanol–water partition coefficient (Wildman–Crippen LogP) is 3.11. The highest BCUT2D eigenvalue weighted by molar-refractivity contribution is 5.71. The Balaban J connectivity index is 2.25. The van der Waals surface area contributed by atoms with Gasteiger partial charge in [-0.3, -0.25) is 0 Å². The van der Waals surface area contributed by atoms with Crippen LogP contribution in [0.1, 0.15) is 12.5 Å². The first kappa shape index (κ1) is 12.1. The number of phenols is 3. The molecular weight excluding hydrogens is 230 g/mol. The molecule has 0 bridgehead atoms. The second-order valence-electron chi connectivity index (χ2n) is 4.00. The average Bonchev–Trinajstić information content (AvgIpc) is 2.40. The summed E-state index contributed by atoms with van der Waals surface area (Å²) in [5, 5.41) is 31.3. The van der Waals surface area contributed by atoms with Crippen molar-refractivity contribution in [3.63, 3.8) is 0 Å². The van der Waals surface area contributed by atoms with Gasteiger partial charge in [-0.25, -0.2) is 0 Å². The Bertz CT molecular complexity index is 550. The lowest BCUT2D eigenvalue weighted by Crippen LogP contribution is -1.91. The SMILES string of the molecule is CCc1ccc(Nc2ccc(O)c(O)c2O)cc1. The summed E-state index contributed by atoms with van der Waals surface area (Å²) in [6, 6.07) is 10.6. The number of hydrogen-bond donors (Lipinski definition) is 4. The average molecular weight is 245 g/mol. The van der Waals surface area contributed by atoms with Gasteiger partial charge in [-0.1, -0.05) is 19.1 Å². The highest BCUT2D eigenvalue weighted by Crippen LogP contribution is 2.41. The summed E-state index contributed by atoms with van der Waals surface area (Å²) < 4.78 is 0. The topological polar surface area (TPSA) is 72.7 Å². The second-order valence-corrected chi connectivity index (χ2v) is 4.00. The standard InChI is InChI=1S/C14H15NO3/c1-2-9-3-5-10(6-4-9)15-11-7-8-12(16)14(18)13(11)17/h3-8,15-18H,2H2,1H3. The second kappa shape index (κ2) is 4.87. The minimum absolute atomic E-state index is 0.342. The maximum absolute atomic E-state index is 9.67. The van der Waals surface area contributed by atoms with Gasteiger partial charge in [0.25, 0.3) is 0 Å². The van der Waals surface area contributed by atoms with Crippen molar-refractivity contribution < 1.29 is 15.3 Å². The number of rotatable bonds is 3. The molecule has 0 saturated carbocycles. The van der Waals surface area contributed by atoms with Crippen molar-refractivity contribution in [1.82, 2.24) is 0 Å². The molecule has 0 heterocycles. The number of aryl methyl sites for hydroxylation is 1. The van der Waals surface area contributed by atoms with E-state index < -0.39 is 5.75 Å². The Morgan fingerprint density at radius 2 is 1.56 bits per heavy atom. The molecule has 2 rings (SSSR count). The van der Waals surface area contributed by atoms with E-state index in [2.05, 4.69) is 12.2 Å². The van der Waals surface area contributed by atoms with Gasteiger partial charge in [0, 0.05) is 5.69 Å². The summed E-state index contributed by atoms with van der Waals surface area (Å²) in [5.74, 6) is -1.24. The van der Waals surface area contributed by atoms with Gasteiger partial charge in [-0.2, -0.15) is 0 Å². The van der Waals surface area contributed by atoms with E-state index in [1.807, 2.05) is 24.3 Å². The number of hydrogen-bond acceptors (Lipinski definition) is 4. The minimum atomic E-state index is -0.523. The van der Waals surface area contributed by atoms with Crippen LogP contribution in [0.4, 0.5) is 11.4 Å². The molecule has 18 heavy (non-hydrogen) atoms. The lowest BCUT2D eigenvalue weighted by molar-refractivity contribution is 0.369. The number of benzene rings is 2. The van der Waals surface area contributed by atoms with E-state index in [-0.39, 0.29) is 11.5 Å². The van der Waals surface area contributed by atoms with Crippen LogP contribution in [0.25, 0.3) is 0 Å². The van der Waals surface area contributed by atoms with Gasteiger partial charge < -0.3 is 20.6 Å². The zero-order chi connectivity index (χ0) is 13.1. The Hall–Kier alpha value is -2.36. The Morgan fingerprint density at radius 3 is 2.17 bits per heavy atom. The first-order valence-electron chi connectivity index (χ1n) is 5.71. The molecule has 0 radical (unpaired) electrons. The van der Waals surface area contributed by atoms with Crippen molar-refractivity contribution in [2.24, 2.45) is 0 Å². The van der Waals surface area contributed by atoms with Gasteiger partial charge in [-0.15, -0.1) is 0 Å². The molecule has 4 heteroatoms. The van der Waals surface area contributed by atoms with Crippen LogP contribution in [0.2, 0.25) is 0 Å². The Morgan fingerprint density at radius 1 is 0.889 bits per heavy atom. The van der Waals surface area contributed by atoms with Crippen molar-refractivity contribution in [2.75, 3.05) is 5.32 Å². The fourth-order valence-electron chi connectivity index (χ4n) is 1.65. The van der Waals surface area contributed by atoms with Gasteiger partial charge in [0.15, 0.2) is 11.5 Å². The van der Waals surface area contributed by atoms with E-state index in [1.54, 1.807) is 0 Å². The zero-order valence-electron chi connectivity index (χ0n) is 10.0. The van der Waals surface area contributed by atoms with Gasteiger partial charge in [0.1, 0.15) is 0 Å². The van der Waals surface area contributed by atoms with E-state index >= 15 is 0 Å². The van der Waals surface area contributed by atoms with Gasteiger partial charge in [-0.05, 0) is 36.2 Å². The van der Waals surface area contributed by atoms with E-state index in [0.29, 0.717) is 5.69 Å². The fourth-order valence-corrected chi connectivity index (χ4v) is 1.65. The largest absolute Gasteiger partial charge is 0.504 e. The third-order valence-electron chi connectivity index (χ3n) is 2.77. The molecule has 0 unspecified atom stereocenters. The van der Waals surface area contributed by atoms with Crippen LogP contribution in [0, 0.1) is 0 Å². The van der Waals surface area contributed by atoms with Crippen molar-refractivity contribution >= 4 is 11.4 Å².